The molecule has 0 radical (unpaired) electrons. The van der Waals surface area contributed by atoms with Gasteiger partial charge in [-0.1, -0.05) is 32.4 Å². The molecule has 0 atom stereocenters. The van der Waals surface area contributed by atoms with Crippen molar-refractivity contribution in [3.05, 3.63) is 12.4 Å². The van der Waals surface area contributed by atoms with Crippen molar-refractivity contribution in [1.82, 2.24) is 20.3 Å². The van der Waals surface area contributed by atoms with Crippen LogP contribution in [-0.2, 0) is 6.54 Å². The molecule has 1 aliphatic rings. The highest BCUT2D eigenvalue weighted by molar-refractivity contribution is 4.84. The smallest absolute Gasteiger partial charge is 0.0692 e. The molecule has 20 heavy (non-hydrogen) atoms. The molecular weight excluding hydrogens is 248 g/mol. The van der Waals surface area contributed by atoms with E-state index in [0.717, 1.165) is 31.5 Å². The SMILES string of the molecule is CCC(C)(C)C1CCC(NCCCn2ccnn2)CC1. The Kier molecular flexibility index (Phi) is 5.58. The highest BCUT2D eigenvalue weighted by Crippen LogP contribution is 2.40. The molecule has 2 rings (SSSR count). The van der Waals surface area contributed by atoms with Gasteiger partial charge in [-0.05, 0) is 50.0 Å². The highest BCUT2D eigenvalue weighted by atomic mass is 15.4. The van der Waals surface area contributed by atoms with E-state index in [9.17, 15) is 0 Å². The van der Waals surface area contributed by atoms with Gasteiger partial charge in [-0.2, -0.15) is 0 Å². The van der Waals surface area contributed by atoms with E-state index in [1.54, 1.807) is 6.20 Å². The van der Waals surface area contributed by atoms with Gasteiger partial charge in [-0.3, -0.25) is 4.68 Å². The van der Waals surface area contributed by atoms with Crippen molar-refractivity contribution in [2.45, 2.75) is 71.9 Å². The zero-order valence-corrected chi connectivity index (χ0v) is 13.3. The Labute approximate surface area is 123 Å². The van der Waals surface area contributed by atoms with Crippen LogP contribution >= 0.6 is 0 Å². The van der Waals surface area contributed by atoms with Crippen molar-refractivity contribution in [2.75, 3.05) is 6.54 Å². The van der Waals surface area contributed by atoms with E-state index in [4.69, 9.17) is 0 Å². The normalized spacial score (nSPS) is 23.9. The first-order valence-corrected chi connectivity index (χ1v) is 8.19. The predicted molar refractivity (Wildman–Crippen MR) is 82.5 cm³/mol. The second kappa shape index (κ2) is 7.21. The van der Waals surface area contributed by atoms with Crippen LogP contribution in [-0.4, -0.2) is 27.6 Å². The molecule has 0 unspecified atom stereocenters. The molecule has 1 heterocycles. The maximum atomic E-state index is 3.99. The molecule has 1 aromatic heterocycles. The maximum absolute atomic E-state index is 3.99. The molecule has 1 aromatic rings. The number of nitrogens with zero attached hydrogens (tertiary/aromatic N) is 3. The van der Waals surface area contributed by atoms with Gasteiger partial charge in [0.2, 0.25) is 0 Å². The minimum Gasteiger partial charge on any atom is -0.314 e. The number of aryl methyl sites for hydroxylation is 1. The molecule has 0 bridgehead atoms. The first-order valence-electron chi connectivity index (χ1n) is 8.19. The van der Waals surface area contributed by atoms with Crippen LogP contribution in [0.2, 0.25) is 0 Å². The lowest BCUT2D eigenvalue weighted by molar-refractivity contribution is 0.137. The zero-order chi connectivity index (χ0) is 14.4. The fraction of sp³-hybridized carbons (Fsp3) is 0.875. The molecular formula is C16H30N4. The summed E-state index contributed by atoms with van der Waals surface area (Å²) in [4.78, 5) is 0. The Morgan fingerprint density at radius 2 is 2.00 bits per heavy atom. The van der Waals surface area contributed by atoms with E-state index in [1.807, 2.05) is 10.9 Å². The van der Waals surface area contributed by atoms with Gasteiger partial charge < -0.3 is 5.32 Å². The molecule has 0 aromatic carbocycles. The van der Waals surface area contributed by atoms with Crippen molar-refractivity contribution >= 4 is 0 Å². The van der Waals surface area contributed by atoms with Crippen molar-refractivity contribution in [3.63, 3.8) is 0 Å². The Balaban J connectivity index is 1.60. The van der Waals surface area contributed by atoms with Gasteiger partial charge in [0.15, 0.2) is 0 Å². The van der Waals surface area contributed by atoms with Gasteiger partial charge in [-0.25, -0.2) is 0 Å². The molecule has 0 saturated heterocycles. The number of nitrogens with one attached hydrogen (secondary N) is 1. The summed E-state index contributed by atoms with van der Waals surface area (Å²) in [5.74, 6) is 0.917. The summed E-state index contributed by atoms with van der Waals surface area (Å²) in [7, 11) is 0. The fourth-order valence-corrected chi connectivity index (χ4v) is 3.27. The second-order valence-corrected chi connectivity index (χ2v) is 6.86. The highest BCUT2D eigenvalue weighted by Gasteiger charge is 2.31. The molecule has 1 saturated carbocycles. The van der Waals surface area contributed by atoms with Gasteiger partial charge in [0.25, 0.3) is 0 Å². The van der Waals surface area contributed by atoms with Crippen LogP contribution < -0.4 is 5.32 Å². The minimum absolute atomic E-state index is 0.526. The molecule has 1 N–H and O–H groups in total. The van der Waals surface area contributed by atoms with Crippen molar-refractivity contribution < 1.29 is 0 Å². The van der Waals surface area contributed by atoms with E-state index < -0.39 is 0 Å². The van der Waals surface area contributed by atoms with Crippen LogP contribution in [0.1, 0.15) is 59.3 Å². The summed E-state index contributed by atoms with van der Waals surface area (Å²) in [5, 5.41) is 11.5. The van der Waals surface area contributed by atoms with Crippen LogP contribution in [0, 0.1) is 11.3 Å². The predicted octanol–water partition coefficient (Wildman–Crippen LogP) is 3.25. The van der Waals surface area contributed by atoms with E-state index >= 15 is 0 Å². The van der Waals surface area contributed by atoms with Crippen LogP contribution in [0.15, 0.2) is 12.4 Å². The fourth-order valence-electron chi connectivity index (χ4n) is 3.27. The van der Waals surface area contributed by atoms with Gasteiger partial charge in [0, 0.05) is 18.8 Å². The lowest BCUT2D eigenvalue weighted by atomic mass is 9.69. The van der Waals surface area contributed by atoms with Gasteiger partial charge in [0.05, 0.1) is 6.20 Å². The Bertz CT molecular complexity index is 364. The summed E-state index contributed by atoms with van der Waals surface area (Å²) >= 11 is 0. The number of hydrogen-bond acceptors (Lipinski definition) is 3. The first-order chi connectivity index (χ1) is 9.62. The molecule has 1 aliphatic carbocycles. The lowest BCUT2D eigenvalue weighted by Gasteiger charge is -2.39. The van der Waals surface area contributed by atoms with Crippen LogP contribution in [0.4, 0.5) is 0 Å². The second-order valence-electron chi connectivity index (χ2n) is 6.86. The van der Waals surface area contributed by atoms with Gasteiger partial charge >= 0.3 is 0 Å². The average Bonchev–Trinajstić information content (AvgIpc) is 2.97. The van der Waals surface area contributed by atoms with Crippen LogP contribution in [0.25, 0.3) is 0 Å². The standard InChI is InChI=1S/C16H30N4/c1-4-16(2,3)14-6-8-15(9-7-14)17-10-5-12-20-13-11-18-19-20/h11,13-15,17H,4-10,12H2,1-3H3. The average molecular weight is 278 g/mol. The van der Waals surface area contributed by atoms with Gasteiger partial charge in [-0.15, -0.1) is 5.10 Å². The molecule has 4 nitrogen and oxygen atoms in total. The summed E-state index contributed by atoms with van der Waals surface area (Å²) in [5.41, 5.74) is 0.526. The van der Waals surface area contributed by atoms with Crippen LogP contribution in [0.5, 0.6) is 0 Å². The minimum atomic E-state index is 0.526. The monoisotopic (exact) mass is 278 g/mol. The molecule has 0 amide bonds. The molecule has 0 aliphatic heterocycles. The number of rotatable bonds is 7. The summed E-state index contributed by atoms with van der Waals surface area (Å²) in [6.45, 7) is 9.25. The van der Waals surface area contributed by atoms with Crippen molar-refractivity contribution in [1.29, 1.82) is 0 Å². The summed E-state index contributed by atoms with van der Waals surface area (Å²) in [6, 6.07) is 0.731. The maximum Gasteiger partial charge on any atom is 0.0692 e. The van der Waals surface area contributed by atoms with Crippen LogP contribution in [0.3, 0.4) is 0 Å². The van der Waals surface area contributed by atoms with Crippen molar-refractivity contribution in [2.24, 2.45) is 11.3 Å². The summed E-state index contributed by atoms with van der Waals surface area (Å²) in [6.07, 6.45) is 11.6. The Morgan fingerprint density at radius 3 is 2.60 bits per heavy atom. The Hall–Kier alpha value is -0.900. The quantitative estimate of drug-likeness (QED) is 0.779. The molecule has 1 fully saturated rings. The Morgan fingerprint density at radius 1 is 1.25 bits per heavy atom. The lowest BCUT2D eigenvalue weighted by Crippen LogP contribution is -2.37. The van der Waals surface area contributed by atoms with E-state index in [2.05, 4.69) is 36.4 Å². The molecule has 114 valence electrons. The van der Waals surface area contributed by atoms with Gasteiger partial charge in [0.1, 0.15) is 0 Å². The number of hydrogen-bond donors (Lipinski definition) is 1. The zero-order valence-electron chi connectivity index (χ0n) is 13.3. The van der Waals surface area contributed by atoms with E-state index in [0.29, 0.717) is 5.41 Å². The van der Waals surface area contributed by atoms with E-state index in [-0.39, 0.29) is 0 Å². The van der Waals surface area contributed by atoms with Crippen molar-refractivity contribution in [3.8, 4) is 0 Å². The largest absolute Gasteiger partial charge is 0.314 e. The third-order valence-corrected chi connectivity index (χ3v) is 5.21. The van der Waals surface area contributed by atoms with E-state index in [1.165, 1.54) is 32.1 Å². The molecule has 0 spiro atoms. The first kappa shape index (κ1) is 15.5. The topological polar surface area (TPSA) is 42.7 Å². The molecule has 4 heteroatoms. The third-order valence-electron chi connectivity index (χ3n) is 5.21. The number of aromatic nitrogens is 3. The summed E-state index contributed by atoms with van der Waals surface area (Å²) < 4.78 is 1.91. The third kappa shape index (κ3) is 4.30.